The summed E-state index contributed by atoms with van der Waals surface area (Å²) in [6.07, 6.45) is 4.60. The summed E-state index contributed by atoms with van der Waals surface area (Å²) >= 11 is 0. The zero-order valence-electron chi connectivity index (χ0n) is 13.9. The minimum atomic E-state index is -0.334. The number of carbonyl (C=O) groups is 1. The van der Waals surface area contributed by atoms with Crippen LogP contribution < -0.4 is 5.56 Å². The Bertz CT molecular complexity index is 983. The molecule has 0 bridgehead atoms. The SMILES string of the molecule is CN(C)C(=O)c1cc2c(=O)n(CCO)cnc2c(-c2cccnc2)n1. The predicted octanol–water partition coefficient (Wildman–Crippen LogP) is 0.548. The van der Waals surface area contributed by atoms with Crippen molar-refractivity contribution >= 4 is 16.8 Å². The van der Waals surface area contributed by atoms with Gasteiger partial charge in [0.05, 0.1) is 30.6 Å². The molecule has 25 heavy (non-hydrogen) atoms. The van der Waals surface area contributed by atoms with Gasteiger partial charge in [0.1, 0.15) is 11.2 Å². The number of pyridine rings is 2. The van der Waals surface area contributed by atoms with Crippen LogP contribution in [0, 0.1) is 0 Å². The van der Waals surface area contributed by atoms with Gasteiger partial charge in [0, 0.05) is 32.1 Å². The summed E-state index contributed by atoms with van der Waals surface area (Å²) in [6, 6.07) is 4.98. The third kappa shape index (κ3) is 3.11. The average molecular weight is 339 g/mol. The fourth-order valence-corrected chi connectivity index (χ4v) is 2.48. The maximum absolute atomic E-state index is 12.7. The quantitative estimate of drug-likeness (QED) is 0.745. The maximum Gasteiger partial charge on any atom is 0.271 e. The Labute approximate surface area is 143 Å². The topological polar surface area (TPSA) is 101 Å². The van der Waals surface area contributed by atoms with Crippen LogP contribution in [-0.4, -0.2) is 56.1 Å². The van der Waals surface area contributed by atoms with Crippen LogP contribution in [0.3, 0.4) is 0 Å². The van der Waals surface area contributed by atoms with Crippen molar-refractivity contribution in [1.29, 1.82) is 0 Å². The highest BCUT2D eigenvalue weighted by Gasteiger charge is 2.18. The number of aliphatic hydroxyl groups is 1. The first kappa shape index (κ1) is 16.7. The third-order valence-corrected chi connectivity index (χ3v) is 3.71. The molecule has 3 aromatic rings. The van der Waals surface area contributed by atoms with E-state index in [1.54, 1.807) is 38.6 Å². The second kappa shape index (κ2) is 6.78. The molecule has 128 valence electrons. The molecule has 0 aliphatic heterocycles. The fourth-order valence-electron chi connectivity index (χ4n) is 2.48. The molecule has 3 heterocycles. The Morgan fingerprint density at radius 3 is 2.80 bits per heavy atom. The van der Waals surface area contributed by atoms with Gasteiger partial charge in [0.25, 0.3) is 11.5 Å². The van der Waals surface area contributed by atoms with Gasteiger partial charge in [0.2, 0.25) is 0 Å². The van der Waals surface area contributed by atoms with Gasteiger partial charge in [-0.1, -0.05) is 0 Å². The first-order chi connectivity index (χ1) is 12.0. The standard InChI is InChI=1S/C17H17N5O3/c1-21(2)17(25)13-8-12-15(19-10-22(6-7-23)16(12)24)14(20-13)11-4-3-5-18-9-11/h3-5,8-10,23H,6-7H2,1-2H3. The van der Waals surface area contributed by atoms with Crippen LogP contribution in [0.1, 0.15) is 10.5 Å². The normalized spacial score (nSPS) is 10.8. The number of aliphatic hydroxyl groups excluding tert-OH is 1. The van der Waals surface area contributed by atoms with Gasteiger partial charge in [-0.25, -0.2) is 9.97 Å². The zero-order valence-corrected chi connectivity index (χ0v) is 13.9. The van der Waals surface area contributed by atoms with Gasteiger partial charge >= 0.3 is 0 Å². The lowest BCUT2D eigenvalue weighted by Gasteiger charge is -2.13. The number of hydrogen-bond acceptors (Lipinski definition) is 6. The number of amides is 1. The summed E-state index contributed by atoms with van der Waals surface area (Å²) in [5.74, 6) is -0.316. The molecule has 8 nitrogen and oxygen atoms in total. The van der Waals surface area contributed by atoms with Crippen molar-refractivity contribution in [2.45, 2.75) is 6.54 Å². The molecule has 1 N–H and O–H groups in total. The Morgan fingerprint density at radius 2 is 2.16 bits per heavy atom. The first-order valence-corrected chi connectivity index (χ1v) is 7.66. The maximum atomic E-state index is 12.7. The number of hydrogen-bond donors (Lipinski definition) is 1. The van der Waals surface area contributed by atoms with Gasteiger partial charge in [-0.3, -0.25) is 19.1 Å². The number of fused-ring (bicyclic) bond motifs is 1. The summed E-state index contributed by atoms with van der Waals surface area (Å²) in [5, 5.41) is 9.37. The zero-order chi connectivity index (χ0) is 18.0. The molecule has 0 aromatic carbocycles. The highest BCUT2D eigenvalue weighted by atomic mass is 16.3. The van der Waals surface area contributed by atoms with Gasteiger partial charge in [-0.2, -0.15) is 0 Å². The van der Waals surface area contributed by atoms with E-state index in [9.17, 15) is 9.59 Å². The van der Waals surface area contributed by atoms with Crippen molar-refractivity contribution in [3.63, 3.8) is 0 Å². The highest BCUT2D eigenvalue weighted by molar-refractivity contribution is 5.99. The van der Waals surface area contributed by atoms with E-state index in [0.29, 0.717) is 16.8 Å². The summed E-state index contributed by atoms with van der Waals surface area (Å²) in [7, 11) is 3.23. The molecule has 0 radical (unpaired) electrons. The minimum absolute atomic E-state index is 0.128. The van der Waals surface area contributed by atoms with E-state index in [4.69, 9.17) is 5.11 Å². The van der Waals surface area contributed by atoms with Gasteiger partial charge < -0.3 is 10.0 Å². The molecule has 0 fully saturated rings. The lowest BCUT2D eigenvalue weighted by molar-refractivity contribution is 0.0822. The van der Waals surface area contributed by atoms with Crippen LogP contribution in [0.5, 0.6) is 0 Å². The van der Waals surface area contributed by atoms with Crippen LogP contribution in [0.25, 0.3) is 22.2 Å². The van der Waals surface area contributed by atoms with Crippen molar-refractivity contribution < 1.29 is 9.90 Å². The molecule has 0 spiro atoms. The summed E-state index contributed by atoms with van der Waals surface area (Å²) in [5.41, 5.74) is 1.29. The van der Waals surface area contributed by atoms with E-state index < -0.39 is 0 Å². The van der Waals surface area contributed by atoms with E-state index in [2.05, 4.69) is 15.0 Å². The molecule has 0 aliphatic carbocycles. The van der Waals surface area contributed by atoms with Gasteiger partial charge in [-0.05, 0) is 18.2 Å². The second-order valence-corrected chi connectivity index (χ2v) is 5.66. The van der Waals surface area contributed by atoms with Crippen LogP contribution in [0.15, 0.2) is 41.7 Å². The lowest BCUT2D eigenvalue weighted by Crippen LogP contribution is -2.25. The molecular weight excluding hydrogens is 322 g/mol. The Balaban J connectivity index is 2.35. The molecule has 1 amide bonds. The molecule has 0 saturated carbocycles. The fraction of sp³-hybridized carbons (Fsp3) is 0.235. The highest BCUT2D eigenvalue weighted by Crippen LogP contribution is 2.24. The largest absolute Gasteiger partial charge is 0.395 e. The van der Waals surface area contributed by atoms with E-state index in [1.165, 1.54) is 21.9 Å². The number of nitrogens with zero attached hydrogens (tertiary/aromatic N) is 5. The Morgan fingerprint density at radius 1 is 1.36 bits per heavy atom. The molecule has 0 unspecified atom stereocenters. The smallest absolute Gasteiger partial charge is 0.271 e. The Hall–Kier alpha value is -3.13. The minimum Gasteiger partial charge on any atom is -0.395 e. The van der Waals surface area contributed by atoms with E-state index in [0.717, 1.165) is 0 Å². The molecule has 8 heteroatoms. The number of carbonyl (C=O) groups excluding carboxylic acids is 1. The van der Waals surface area contributed by atoms with Crippen molar-refractivity contribution in [3.05, 3.63) is 53.0 Å². The number of aromatic nitrogens is 4. The van der Waals surface area contributed by atoms with Crippen LogP contribution in [-0.2, 0) is 6.54 Å². The van der Waals surface area contributed by atoms with E-state index in [-0.39, 0.29) is 35.7 Å². The molecule has 3 rings (SSSR count). The Kier molecular flexibility index (Phi) is 4.53. The molecule has 0 aliphatic rings. The van der Waals surface area contributed by atoms with Gasteiger partial charge in [0.15, 0.2) is 0 Å². The monoisotopic (exact) mass is 339 g/mol. The van der Waals surface area contributed by atoms with E-state index in [1.807, 2.05) is 0 Å². The molecular formula is C17H17N5O3. The van der Waals surface area contributed by atoms with E-state index >= 15 is 0 Å². The summed E-state index contributed by atoms with van der Waals surface area (Å²) in [6.45, 7) is -0.0552. The lowest BCUT2D eigenvalue weighted by atomic mass is 10.1. The van der Waals surface area contributed by atoms with Crippen molar-refractivity contribution in [3.8, 4) is 11.3 Å². The average Bonchev–Trinajstić information content (AvgIpc) is 2.63. The molecule has 0 atom stereocenters. The summed E-state index contributed by atoms with van der Waals surface area (Å²) in [4.78, 5) is 39.3. The third-order valence-electron chi connectivity index (χ3n) is 3.71. The van der Waals surface area contributed by atoms with Crippen LogP contribution >= 0.6 is 0 Å². The molecule has 3 aromatic heterocycles. The first-order valence-electron chi connectivity index (χ1n) is 7.66. The second-order valence-electron chi connectivity index (χ2n) is 5.66. The number of rotatable bonds is 4. The van der Waals surface area contributed by atoms with Crippen molar-refractivity contribution in [2.75, 3.05) is 20.7 Å². The predicted molar refractivity (Wildman–Crippen MR) is 92.1 cm³/mol. The van der Waals surface area contributed by atoms with Crippen LogP contribution in [0.2, 0.25) is 0 Å². The summed E-state index contributed by atoms with van der Waals surface area (Å²) < 4.78 is 1.30. The van der Waals surface area contributed by atoms with Crippen LogP contribution in [0.4, 0.5) is 0 Å². The van der Waals surface area contributed by atoms with Gasteiger partial charge in [-0.15, -0.1) is 0 Å². The van der Waals surface area contributed by atoms with Crippen molar-refractivity contribution in [1.82, 2.24) is 24.4 Å². The van der Waals surface area contributed by atoms with Crippen molar-refractivity contribution in [2.24, 2.45) is 0 Å². The molecule has 0 saturated heterocycles.